The lowest BCUT2D eigenvalue weighted by molar-refractivity contribution is 0.498. The van der Waals surface area contributed by atoms with Crippen LogP contribution in [0.25, 0.3) is 16.9 Å². The van der Waals surface area contributed by atoms with Crippen LogP contribution in [0.15, 0.2) is 29.3 Å². The first-order chi connectivity index (χ1) is 11.1. The Morgan fingerprint density at radius 3 is 2.65 bits per heavy atom. The lowest BCUT2D eigenvalue weighted by Crippen LogP contribution is -2.24. The van der Waals surface area contributed by atoms with E-state index in [4.69, 9.17) is 0 Å². The van der Waals surface area contributed by atoms with Gasteiger partial charge in [-0.2, -0.15) is 4.68 Å². The summed E-state index contributed by atoms with van der Waals surface area (Å²) in [5.41, 5.74) is 4.04. The van der Waals surface area contributed by atoms with Crippen molar-refractivity contribution < 1.29 is 0 Å². The highest BCUT2D eigenvalue weighted by molar-refractivity contribution is 5.70. The average molecular weight is 309 g/mol. The van der Waals surface area contributed by atoms with E-state index in [1.807, 2.05) is 18.2 Å². The smallest absolute Gasteiger partial charge is 0.283 e. The largest absolute Gasteiger partial charge is 0.294 e. The van der Waals surface area contributed by atoms with Gasteiger partial charge in [-0.25, -0.2) is 4.98 Å². The van der Waals surface area contributed by atoms with Crippen molar-refractivity contribution in [2.75, 3.05) is 0 Å². The van der Waals surface area contributed by atoms with Crippen LogP contribution in [-0.2, 0) is 0 Å². The molecule has 0 amide bonds. The molecule has 0 aliphatic heterocycles. The van der Waals surface area contributed by atoms with Gasteiger partial charge in [0.2, 0.25) is 0 Å². The molecule has 2 aromatic heterocycles. The third kappa shape index (κ3) is 2.25. The van der Waals surface area contributed by atoms with Crippen molar-refractivity contribution >= 4 is 11.2 Å². The summed E-state index contributed by atoms with van der Waals surface area (Å²) in [6.07, 6.45) is 6.08. The van der Waals surface area contributed by atoms with Gasteiger partial charge < -0.3 is 0 Å². The van der Waals surface area contributed by atoms with Crippen LogP contribution in [-0.4, -0.2) is 24.5 Å². The molecule has 3 aromatic rings. The van der Waals surface area contributed by atoms with Crippen molar-refractivity contribution in [3.63, 3.8) is 0 Å². The number of rotatable bonds is 2. The second-order valence-electron chi connectivity index (χ2n) is 6.34. The summed E-state index contributed by atoms with van der Waals surface area (Å²) in [4.78, 5) is 17.2. The van der Waals surface area contributed by atoms with E-state index >= 15 is 0 Å². The molecule has 118 valence electrons. The van der Waals surface area contributed by atoms with Crippen LogP contribution in [0.2, 0.25) is 0 Å². The molecule has 1 saturated carbocycles. The van der Waals surface area contributed by atoms with Gasteiger partial charge in [-0.3, -0.25) is 9.36 Å². The minimum Gasteiger partial charge on any atom is -0.294 e. The lowest BCUT2D eigenvalue weighted by atomic mass is 10.1. The molecule has 2 heterocycles. The van der Waals surface area contributed by atoms with Crippen molar-refractivity contribution in [3.05, 3.63) is 46.0 Å². The standard InChI is InChI=1S/C17H19N5O/c1-11-7-8-14(9-12(11)2)22-16-15(19-20-22)17(23)21(10-18-16)13-5-3-4-6-13/h7-10,13H,3-6H2,1-2H3. The molecule has 0 unspecified atom stereocenters. The number of aromatic nitrogens is 5. The van der Waals surface area contributed by atoms with E-state index in [0.717, 1.165) is 18.5 Å². The van der Waals surface area contributed by atoms with E-state index < -0.39 is 0 Å². The fourth-order valence-corrected chi connectivity index (χ4v) is 3.30. The molecular formula is C17H19N5O. The predicted octanol–water partition coefficient (Wildman–Crippen LogP) is 2.71. The topological polar surface area (TPSA) is 65.6 Å². The fourth-order valence-electron chi connectivity index (χ4n) is 3.30. The maximum absolute atomic E-state index is 12.7. The second-order valence-corrected chi connectivity index (χ2v) is 6.34. The molecule has 4 rings (SSSR count). The van der Waals surface area contributed by atoms with E-state index in [9.17, 15) is 4.79 Å². The number of benzene rings is 1. The van der Waals surface area contributed by atoms with Crippen molar-refractivity contribution in [1.82, 2.24) is 24.5 Å². The summed E-state index contributed by atoms with van der Waals surface area (Å²) >= 11 is 0. The SMILES string of the molecule is Cc1ccc(-n2nnc3c(=O)n(C4CCCC4)cnc32)cc1C. The zero-order valence-electron chi connectivity index (χ0n) is 13.4. The minimum absolute atomic E-state index is 0.0861. The van der Waals surface area contributed by atoms with Crippen molar-refractivity contribution in [2.24, 2.45) is 0 Å². The van der Waals surface area contributed by atoms with E-state index in [2.05, 4.69) is 29.1 Å². The quantitative estimate of drug-likeness (QED) is 0.730. The molecule has 0 spiro atoms. The molecule has 1 aliphatic rings. The normalized spacial score (nSPS) is 15.6. The summed E-state index contributed by atoms with van der Waals surface area (Å²) in [6.45, 7) is 4.12. The van der Waals surface area contributed by atoms with Gasteiger partial charge in [-0.15, -0.1) is 5.10 Å². The Kier molecular flexibility index (Phi) is 3.25. The van der Waals surface area contributed by atoms with Gasteiger partial charge in [0.25, 0.3) is 5.56 Å². The van der Waals surface area contributed by atoms with Crippen LogP contribution in [0.5, 0.6) is 0 Å². The summed E-state index contributed by atoms with van der Waals surface area (Å²) in [6, 6.07) is 6.30. The Labute approximate surface area is 133 Å². The Bertz CT molecular complexity index is 934. The van der Waals surface area contributed by atoms with E-state index in [1.54, 1.807) is 15.6 Å². The highest BCUT2D eigenvalue weighted by atomic mass is 16.1. The first-order valence-electron chi connectivity index (χ1n) is 8.05. The second kappa shape index (κ2) is 5.30. The molecule has 0 atom stereocenters. The molecule has 1 fully saturated rings. The zero-order chi connectivity index (χ0) is 16.0. The van der Waals surface area contributed by atoms with Gasteiger partial charge in [0.05, 0.1) is 5.69 Å². The number of nitrogens with zero attached hydrogens (tertiary/aromatic N) is 5. The molecule has 6 heteroatoms. The van der Waals surface area contributed by atoms with Crippen LogP contribution in [0.3, 0.4) is 0 Å². The third-order valence-electron chi connectivity index (χ3n) is 4.84. The highest BCUT2D eigenvalue weighted by Gasteiger charge is 2.21. The predicted molar refractivity (Wildman–Crippen MR) is 87.9 cm³/mol. The Morgan fingerprint density at radius 1 is 1.13 bits per heavy atom. The van der Waals surface area contributed by atoms with Gasteiger partial charge in [0, 0.05) is 6.04 Å². The van der Waals surface area contributed by atoms with Crippen LogP contribution in [0.4, 0.5) is 0 Å². The van der Waals surface area contributed by atoms with Crippen molar-refractivity contribution in [2.45, 2.75) is 45.6 Å². The fraction of sp³-hybridized carbons (Fsp3) is 0.412. The van der Waals surface area contributed by atoms with Crippen LogP contribution in [0, 0.1) is 13.8 Å². The molecule has 0 radical (unpaired) electrons. The average Bonchev–Trinajstić information content (AvgIpc) is 3.20. The summed E-state index contributed by atoms with van der Waals surface area (Å²) < 4.78 is 3.37. The van der Waals surface area contributed by atoms with Crippen LogP contribution < -0.4 is 5.56 Å². The Hall–Kier alpha value is -2.50. The number of hydrogen-bond acceptors (Lipinski definition) is 4. The number of fused-ring (bicyclic) bond motifs is 1. The first-order valence-corrected chi connectivity index (χ1v) is 8.05. The molecule has 0 bridgehead atoms. The lowest BCUT2D eigenvalue weighted by Gasteiger charge is -2.12. The molecule has 23 heavy (non-hydrogen) atoms. The molecule has 0 N–H and O–H groups in total. The molecular weight excluding hydrogens is 290 g/mol. The molecule has 1 aromatic carbocycles. The number of aryl methyl sites for hydroxylation is 2. The molecule has 6 nitrogen and oxygen atoms in total. The summed E-state index contributed by atoms with van der Waals surface area (Å²) in [7, 11) is 0. The summed E-state index contributed by atoms with van der Waals surface area (Å²) in [5, 5.41) is 8.25. The highest BCUT2D eigenvalue weighted by Crippen LogP contribution is 2.28. The van der Waals surface area contributed by atoms with Gasteiger partial charge >= 0.3 is 0 Å². The van der Waals surface area contributed by atoms with Gasteiger partial charge in [0.1, 0.15) is 6.33 Å². The van der Waals surface area contributed by atoms with Gasteiger partial charge in [-0.05, 0) is 49.9 Å². The molecule has 0 saturated heterocycles. The maximum Gasteiger partial charge on any atom is 0.283 e. The zero-order valence-corrected chi connectivity index (χ0v) is 13.4. The van der Waals surface area contributed by atoms with Crippen LogP contribution in [0.1, 0.15) is 42.9 Å². The van der Waals surface area contributed by atoms with E-state index in [1.165, 1.54) is 24.0 Å². The monoisotopic (exact) mass is 309 g/mol. The Morgan fingerprint density at radius 2 is 1.91 bits per heavy atom. The first kappa shape index (κ1) is 14.1. The van der Waals surface area contributed by atoms with Gasteiger partial charge in [-0.1, -0.05) is 24.1 Å². The Balaban J connectivity index is 1.85. The summed E-state index contributed by atoms with van der Waals surface area (Å²) in [5.74, 6) is 0. The van der Waals surface area contributed by atoms with Crippen molar-refractivity contribution in [1.29, 1.82) is 0 Å². The van der Waals surface area contributed by atoms with E-state index in [-0.39, 0.29) is 11.6 Å². The third-order valence-corrected chi connectivity index (χ3v) is 4.84. The van der Waals surface area contributed by atoms with Crippen LogP contribution >= 0.6 is 0 Å². The van der Waals surface area contributed by atoms with E-state index in [0.29, 0.717) is 11.2 Å². The maximum atomic E-state index is 12.7. The minimum atomic E-state index is -0.0861. The number of hydrogen-bond donors (Lipinski definition) is 0. The van der Waals surface area contributed by atoms with Gasteiger partial charge in [0.15, 0.2) is 11.2 Å². The van der Waals surface area contributed by atoms with Crippen molar-refractivity contribution in [3.8, 4) is 5.69 Å². The molecule has 1 aliphatic carbocycles.